The summed E-state index contributed by atoms with van der Waals surface area (Å²) in [6.07, 6.45) is 1.95. The molecule has 0 saturated carbocycles. The number of nitrogens with zero attached hydrogens (tertiary/aromatic N) is 2. The first kappa shape index (κ1) is 19.6. The molecular weight excluding hydrogens is 404 g/mol. The molecule has 0 amide bonds. The fourth-order valence-corrected chi connectivity index (χ4v) is 5.57. The van der Waals surface area contributed by atoms with Gasteiger partial charge in [0.15, 0.2) is 0 Å². The van der Waals surface area contributed by atoms with E-state index >= 15 is 0 Å². The van der Waals surface area contributed by atoms with Gasteiger partial charge in [0.2, 0.25) is 0 Å². The Balaban J connectivity index is 2.07. The smallest absolute Gasteiger partial charge is 0.266 e. The van der Waals surface area contributed by atoms with Crippen LogP contribution in [0.4, 0.5) is 0 Å². The van der Waals surface area contributed by atoms with Crippen molar-refractivity contribution in [2.24, 2.45) is 0 Å². The summed E-state index contributed by atoms with van der Waals surface area (Å²) in [6, 6.07) is 24.4. The van der Waals surface area contributed by atoms with Crippen LogP contribution in [0.25, 0.3) is 49.9 Å². The molecule has 4 aromatic carbocycles. The van der Waals surface area contributed by atoms with E-state index in [9.17, 15) is 4.79 Å². The van der Waals surface area contributed by atoms with Gasteiger partial charge in [0.25, 0.3) is 5.56 Å². The van der Waals surface area contributed by atoms with Gasteiger partial charge in [0.05, 0.1) is 16.6 Å². The quantitative estimate of drug-likeness (QED) is 0.288. The summed E-state index contributed by atoms with van der Waals surface area (Å²) >= 11 is 0. The van der Waals surface area contributed by atoms with Crippen molar-refractivity contribution in [2.75, 3.05) is 0 Å². The van der Waals surface area contributed by atoms with Crippen LogP contribution in [-0.4, -0.2) is 8.97 Å². The largest absolute Gasteiger partial charge is 0.298 e. The third-order valence-electron chi connectivity index (χ3n) is 6.97. The Hall–Kier alpha value is -4.11. The predicted octanol–water partition coefficient (Wildman–Crippen LogP) is 7.12. The first-order valence-electron chi connectivity index (χ1n) is 11.2. The number of fused-ring (bicyclic) bond motifs is 7. The Bertz CT molecular complexity index is 1820. The maximum atomic E-state index is 14.0. The van der Waals surface area contributed by atoms with Crippen LogP contribution in [0.15, 0.2) is 84.2 Å². The van der Waals surface area contributed by atoms with E-state index in [4.69, 9.17) is 0 Å². The van der Waals surface area contributed by atoms with Gasteiger partial charge in [0, 0.05) is 16.5 Å². The molecule has 0 spiro atoms. The average Bonchev–Trinajstić information content (AvgIpc) is 3.13. The van der Waals surface area contributed by atoms with Crippen LogP contribution >= 0.6 is 0 Å². The molecule has 160 valence electrons. The predicted molar refractivity (Wildman–Crippen MR) is 140 cm³/mol. The Morgan fingerprint density at radius 3 is 2.15 bits per heavy atom. The van der Waals surface area contributed by atoms with E-state index in [0.717, 1.165) is 55.2 Å². The summed E-state index contributed by atoms with van der Waals surface area (Å²) in [5, 5.41) is 5.30. The lowest BCUT2D eigenvalue weighted by Crippen LogP contribution is -2.21. The van der Waals surface area contributed by atoms with E-state index in [1.54, 1.807) is 0 Å². The summed E-state index contributed by atoms with van der Waals surface area (Å²) in [5.74, 6) is 0. The molecule has 2 aromatic heterocycles. The summed E-state index contributed by atoms with van der Waals surface area (Å²) in [4.78, 5) is 14.0. The van der Waals surface area contributed by atoms with Gasteiger partial charge < -0.3 is 0 Å². The van der Waals surface area contributed by atoms with Crippen molar-refractivity contribution in [1.82, 2.24) is 8.97 Å². The van der Waals surface area contributed by atoms with Gasteiger partial charge in [0.1, 0.15) is 5.65 Å². The van der Waals surface area contributed by atoms with Crippen molar-refractivity contribution in [2.45, 2.75) is 20.8 Å². The van der Waals surface area contributed by atoms with Crippen molar-refractivity contribution in [3.63, 3.8) is 0 Å². The molecule has 0 aliphatic carbocycles. The molecule has 0 fully saturated rings. The summed E-state index contributed by atoms with van der Waals surface area (Å²) < 4.78 is 4.17. The minimum Gasteiger partial charge on any atom is -0.298 e. The molecule has 33 heavy (non-hydrogen) atoms. The molecule has 2 heterocycles. The summed E-state index contributed by atoms with van der Waals surface area (Å²) in [6.45, 7) is 10.5. The van der Waals surface area contributed by atoms with Crippen LogP contribution in [0.1, 0.15) is 22.4 Å². The van der Waals surface area contributed by atoms with E-state index in [1.165, 1.54) is 10.9 Å². The highest BCUT2D eigenvalue weighted by Gasteiger charge is 2.23. The number of benzene rings is 4. The molecule has 0 saturated heterocycles. The normalized spacial score (nSPS) is 11.7. The van der Waals surface area contributed by atoms with Crippen molar-refractivity contribution < 1.29 is 0 Å². The van der Waals surface area contributed by atoms with E-state index in [0.29, 0.717) is 0 Å². The third-order valence-corrected chi connectivity index (χ3v) is 6.97. The van der Waals surface area contributed by atoms with Gasteiger partial charge >= 0.3 is 0 Å². The van der Waals surface area contributed by atoms with Gasteiger partial charge in [-0.25, -0.2) is 0 Å². The number of para-hydroxylation sites is 2. The molecule has 0 bridgehead atoms. The molecular formula is C30H24N2O. The fraction of sp³-hybridized carbons (Fsp3) is 0.100. The van der Waals surface area contributed by atoms with Crippen molar-refractivity contribution in [1.29, 1.82) is 0 Å². The number of aryl methyl sites for hydroxylation is 3. The standard InChI is InChI=1S/C30H24N2O/c1-5-22-19(3)26-20(4)31-28-18(2)12-11-17-25(28)30(33)32(21-13-7-6-8-14-21)29(31)27(26)24-16-10-9-15-23(22)24/h5-17H,1H2,2-4H3. The number of hydrogen-bond acceptors (Lipinski definition) is 1. The SMILES string of the molecule is C=Cc1c(C)c2c(C)n3c4c(C)cccc4c(=O)n(-c4ccccc4)c3c2c2ccccc12. The monoisotopic (exact) mass is 428 g/mol. The van der Waals surface area contributed by atoms with Crippen LogP contribution in [0.5, 0.6) is 0 Å². The van der Waals surface area contributed by atoms with Crippen molar-refractivity contribution in [3.8, 4) is 5.69 Å². The number of aromatic nitrogens is 2. The summed E-state index contributed by atoms with van der Waals surface area (Å²) in [7, 11) is 0. The van der Waals surface area contributed by atoms with Gasteiger partial charge in [-0.2, -0.15) is 0 Å². The highest BCUT2D eigenvalue weighted by atomic mass is 16.1. The Morgan fingerprint density at radius 1 is 0.758 bits per heavy atom. The van der Waals surface area contributed by atoms with Crippen molar-refractivity contribution in [3.05, 3.63) is 112 Å². The molecule has 0 N–H and O–H groups in total. The molecule has 0 unspecified atom stereocenters. The first-order chi connectivity index (χ1) is 16.0. The molecule has 6 aromatic rings. The molecule has 0 atom stereocenters. The molecule has 6 rings (SSSR count). The zero-order valence-corrected chi connectivity index (χ0v) is 19.0. The molecule has 3 heteroatoms. The van der Waals surface area contributed by atoms with Crippen LogP contribution < -0.4 is 5.56 Å². The third kappa shape index (κ3) is 2.48. The molecule has 0 aliphatic rings. The van der Waals surface area contributed by atoms with Crippen LogP contribution in [-0.2, 0) is 0 Å². The van der Waals surface area contributed by atoms with Crippen LogP contribution in [0, 0.1) is 20.8 Å². The van der Waals surface area contributed by atoms with Gasteiger partial charge in [-0.3, -0.25) is 13.8 Å². The van der Waals surface area contributed by atoms with E-state index < -0.39 is 0 Å². The lowest BCUT2D eigenvalue weighted by Gasteiger charge is -2.15. The average molecular weight is 429 g/mol. The van der Waals surface area contributed by atoms with E-state index in [1.807, 2.05) is 53.1 Å². The minimum absolute atomic E-state index is 0.00123. The van der Waals surface area contributed by atoms with Crippen molar-refractivity contribution >= 4 is 44.2 Å². The minimum atomic E-state index is 0.00123. The maximum Gasteiger partial charge on any atom is 0.266 e. The lowest BCUT2D eigenvalue weighted by atomic mass is 9.93. The molecule has 0 aliphatic heterocycles. The first-order valence-corrected chi connectivity index (χ1v) is 11.2. The van der Waals surface area contributed by atoms with Gasteiger partial charge in [-0.05, 0) is 66.4 Å². The topological polar surface area (TPSA) is 26.4 Å². The van der Waals surface area contributed by atoms with Gasteiger partial charge in [-0.1, -0.05) is 67.3 Å². The van der Waals surface area contributed by atoms with Crippen LogP contribution in [0.3, 0.4) is 0 Å². The second kappa shape index (κ2) is 6.94. The zero-order valence-electron chi connectivity index (χ0n) is 19.0. The Kier molecular flexibility index (Phi) is 4.12. The number of rotatable bonds is 2. The summed E-state index contributed by atoms with van der Waals surface area (Å²) in [5.41, 5.74) is 7.31. The molecule has 0 radical (unpaired) electrons. The van der Waals surface area contributed by atoms with E-state index in [-0.39, 0.29) is 5.56 Å². The maximum absolute atomic E-state index is 14.0. The molecule has 3 nitrogen and oxygen atoms in total. The second-order valence-corrected chi connectivity index (χ2v) is 8.73. The Labute approximate surface area is 191 Å². The zero-order chi connectivity index (χ0) is 22.9. The number of hydrogen-bond donors (Lipinski definition) is 0. The van der Waals surface area contributed by atoms with Crippen LogP contribution in [0.2, 0.25) is 0 Å². The van der Waals surface area contributed by atoms with Gasteiger partial charge in [-0.15, -0.1) is 0 Å². The lowest BCUT2D eigenvalue weighted by molar-refractivity contribution is 0.987. The fourth-order valence-electron chi connectivity index (χ4n) is 5.57. The highest BCUT2D eigenvalue weighted by Crippen LogP contribution is 2.40. The highest BCUT2D eigenvalue weighted by molar-refractivity contribution is 6.20. The van der Waals surface area contributed by atoms with E-state index in [2.05, 4.69) is 62.1 Å². The Morgan fingerprint density at radius 2 is 1.42 bits per heavy atom. The second-order valence-electron chi connectivity index (χ2n) is 8.73.